The molecule has 1 aliphatic rings. The van der Waals surface area contributed by atoms with Crippen LogP contribution in [-0.4, -0.2) is 29.1 Å². The minimum Gasteiger partial charge on any atom is -0.481 e. The Morgan fingerprint density at radius 2 is 2.50 bits per heavy atom. The predicted octanol–water partition coefficient (Wildman–Crippen LogP) is 2.61. The lowest BCUT2D eigenvalue weighted by atomic mass is 9.88. The highest BCUT2D eigenvalue weighted by Gasteiger charge is 2.36. The third kappa shape index (κ3) is 2.13. The van der Waals surface area contributed by atoms with E-state index in [9.17, 15) is 9.90 Å². The molecule has 1 aliphatic heterocycles. The first-order valence-electron chi connectivity index (χ1n) is 5.74. The second-order valence-electron chi connectivity index (χ2n) is 4.18. The highest BCUT2D eigenvalue weighted by atomic mass is 32.1. The summed E-state index contributed by atoms with van der Waals surface area (Å²) in [6.07, 6.45) is 1.79. The molecular formula is C12H17NO2S. The SMILES string of the molecule is CCN1CCC[C@H](C(=O)O)[C@H]1c1cccs1. The zero-order valence-electron chi connectivity index (χ0n) is 9.43. The third-order valence-corrected chi connectivity index (χ3v) is 4.24. The van der Waals surface area contributed by atoms with E-state index in [0.717, 1.165) is 25.9 Å². The minimum atomic E-state index is -0.656. The lowest BCUT2D eigenvalue weighted by Crippen LogP contribution is -2.41. The van der Waals surface area contributed by atoms with Crippen LogP contribution in [0.2, 0.25) is 0 Å². The van der Waals surface area contributed by atoms with Gasteiger partial charge in [0.05, 0.1) is 12.0 Å². The molecule has 2 atom stereocenters. The van der Waals surface area contributed by atoms with Gasteiger partial charge in [0.15, 0.2) is 0 Å². The molecule has 16 heavy (non-hydrogen) atoms. The summed E-state index contributed by atoms with van der Waals surface area (Å²) in [6, 6.07) is 4.14. The van der Waals surface area contributed by atoms with Crippen LogP contribution in [0.3, 0.4) is 0 Å². The van der Waals surface area contributed by atoms with Gasteiger partial charge in [-0.25, -0.2) is 0 Å². The molecule has 0 aliphatic carbocycles. The van der Waals surface area contributed by atoms with Crippen LogP contribution < -0.4 is 0 Å². The van der Waals surface area contributed by atoms with Crippen molar-refractivity contribution in [2.24, 2.45) is 5.92 Å². The fourth-order valence-corrected chi connectivity index (χ4v) is 3.44. The second kappa shape index (κ2) is 4.97. The Labute approximate surface area is 99.7 Å². The van der Waals surface area contributed by atoms with E-state index in [1.165, 1.54) is 4.88 Å². The van der Waals surface area contributed by atoms with Gasteiger partial charge in [-0.15, -0.1) is 11.3 Å². The molecule has 0 radical (unpaired) electrons. The van der Waals surface area contributed by atoms with E-state index in [1.807, 2.05) is 11.4 Å². The summed E-state index contributed by atoms with van der Waals surface area (Å²) in [5.41, 5.74) is 0. The Bertz CT molecular complexity index is 350. The fraction of sp³-hybridized carbons (Fsp3) is 0.583. The Kier molecular flexibility index (Phi) is 3.61. The molecule has 2 heterocycles. The zero-order valence-corrected chi connectivity index (χ0v) is 10.2. The quantitative estimate of drug-likeness (QED) is 0.881. The molecule has 4 heteroatoms. The number of nitrogens with zero attached hydrogens (tertiary/aromatic N) is 1. The van der Waals surface area contributed by atoms with Crippen molar-refractivity contribution in [2.75, 3.05) is 13.1 Å². The molecule has 0 spiro atoms. The van der Waals surface area contributed by atoms with Crippen LogP contribution in [0.25, 0.3) is 0 Å². The van der Waals surface area contributed by atoms with Crippen LogP contribution in [-0.2, 0) is 4.79 Å². The summed E-state index contributed by atoms with van der Waals surface area (Å²) in [7, 11) is 0. The number of carbonyl (C=O) groups is 1. The number of hydrogen-bond acceptors (Lipinski definition) is 3. The summed E-state index contributed by atoms with van der Waals surface area (Å²) in [5, 5.41) is 11.3. The molecule has 88 valence electrons. The Morgan fingerprint density at radius 1 is 1.69 bits per heavy atom. The van der Waals surface area contributed by atoms with Gasteiger partial charge in [0.1, 0.15) is 0 Å². The standard InChI is InChI=1S/C12H17NO2S/c1-2-13-7-3-5-9(12(14)15)11(13)10-6-4-8-16-10/h4,6,8-9,11H,2-3,5,7H2,1H3,(H,14,15)/t9-,11-/m0/s1. The van der Waals surface area contributed by atoms with Crippen molar-refractivity contribution >= 4 is 17.3 Å². The smallest absolute Gasteiger partial charge is 0.308 e. The van der Waals surface area contributed by atoms with Crippen LogP contribution in [0.1, 0.15) is 30.7 Å². The number of hydrogen-bond donors (Lipinski definition) is 1. The number of carboxylic acid groups (broad SMARTS) is 1. The van der Waals surface area contributed by atoms with Crippen molar-refractivity contribution in [3.8, 4) is 0 Å². The molecule has 0 aromatic carbocycles. The first-order valence-corrected chi connectivity index (χ1v) is 6.62. The molecule has 0 amide bonds. The predicted molar refractivity (Wildman–Crippen MR) is 64.7 cm³/mol. The average Bonchev–Trinajstić information content (AvgIpc) is 2.81. The molecule has 1 saturated heterocycles. The summed E-state index contributed by atoms with van der Waals surface area (Å²) < 4.78 is 0. The maximum atomic E-state index is 11.3. The molecule has 1 aromatic heterocycles. The number of piperidine rings is 1. The van der Waals surface area contributed by atoms with Crippen LogP contribution >= 0.6 is 11.3 Å². The highest BCUT2D eigenvalue weighted by Crippen LogP contribution is 2.37. The Morgan fingerprint density at radius 3 is 3.06 bits per heavy atom. The number of rotatable bonds is 3. The van der Waals surface area contributed by atoms with Crippen molar-refractivity contribution in [1.29, 1.82) is 0 Å². The van der Waals surface area contributed by atoms with Crippen molar-refractivity contribution in [3.63, 3.8) is 0 Å². The van der Waals surface area contributed by atoms with Crippen LogP contribution in [0.4, 0.5) is 0 Å². The normalized spacial score (nSPS) is 26.8. The molecule has 1 fully saturated rings. The summed E-state index contributed by atoms with van der Waals surface area (Å²) >= 11 is 1.66. The molecule has 1 aromatic rings. The maximum Gasteiger partial charge on any atom is 0.308 e. The van der Waals surface area contributed by atoms with Crippen molar-refractivity contribution < 1.29 is 9.90 Å². The minimum absolute atomic E-state index is 0.0799. The van der Waals surface area contributed by atoms with Crippen molar-refractivity contribution in [3.05, 3.63) is 22.4 Å². The maximum absolute atomic E-state index is 11.3. The summed E-state index contributed by atoms with van der Waals surface area (Å²) in [5.74, 6) is -0.899. The van der Waals surface area contributed by atoms with Crippen LogP contribution in [0, 0.1) is 5.92 Å². The largest absolute Gasteiger partial charge is 0.481 e. The fourth-order valence-electron chi connectivity index (χ4n) is 2.52. The number of thiophene rings is 1. The van der Waals surface area contributed by atoms with E-state index >= 15 is 0 Å². The molecule has 2 rings (SSSR count). The van der Waals surface area contributed by atoms with E-state index < -0.39 is 5.97 Å². The average molecular weight is 239 g/mol. The van der Waals surface area contributed by atoms with Crippen LogP contribution in [0.5, 0.6) is 0 Å². The van der Waals surface area contributed by atoms with E-state index in [2.05, 4.69) is 17.9 Å². The van der Waals surface area contributed by atoms with Gasteiger partial charge in [-0.1, -0.05) is 13.0 Å². The molecule has 3 nitrogen and oxygen atoms in total. The molecule has 0 bridgehead atoms. The Hall–Kier alpha value is -0.870. The molecule has 0 unspecified atom stereocenters. The topological polar surface area (TPSA) is 40.5 Å². The number of aliphatic carboxylic acids is 1. The van der Waals surface area contributed by atoms with Gasteiger partial charge in [0.2, 0.25) is 0 Å². The monoisotopic (exact) mass is 239 g/mol. The van der Waals surface area contributed by atoms with Crippen LogP contribution in [0.15, 0.2) is 17.5 Å². The van der Waals surface area contributed by atoms with Gasteiger partial charge in [-0.3, -0.25) is 9.69 Å². The van der Waals surface area contributed by atoms with Crippen molar-refractivity contribution in [1.82, 2.24) is 4.90 Å². The molecular weight excluding hydrogens is 222 g/mol. The number of likely N-dealkylation sites (tertiary alicyclic amines) is 1. The van der Waals surface area contributed by atoms with Gasteiger partial charge in [0, 0.05) is 4.88 Å². The van der Waals surface area contributed by atoms with Crippen molar-refractivity contribution in [2.45, 2.75) is 25.8 Å². The first kappa shape index (κ1) is 11.6. The highest BCUT2D eigenvalue weighted by molar-refractivity contribution is 7.10. The summed E-state index contributed by atoms with van der Waals surface area (Å²) in [4.78, 5) is 14.8. The van der Waals surface area contributed by atoms with E-state index in [4.69, 9.17) is 0 Å². The van der Waals surface area contributed by atoms with E-state index in [0.29, 0.717) is 0 Å². The van der Waals surface area contributed by atoms with Gasteiger partial charge >= 0.3 is 5.97 Å². The lowest BCUT2D eigenvalue weighted by Gasteiger charge is -2.38. The molecule has 0 saturated carbocycles. The van der Waals surface area contributed by atoms with E-state index in [-0.39, 0.29) is 12.0 Å². The summed E-state index contributed by atoms with van der Waals surface area (Å²) in [6.45, 7) is 4.04. The number of carboxylic acids is 1. The van der Waals surface area contributed by atoms with Gasteiger partial charge in [-0.05, 0) is 37.4 Å². The Balaban J connectivity index is 2.28. The van der Waals surface area contributed by atoms with E-state index in [1.54, 1.807) is 11.3 Å². The zero-order chi connectivity index (χ0) is 11.5. The van der Waals surface area contributed by atoms with Gasteiger partial charge < -0.3 is 5.11 Å². The van der Waals surface area contributed by atoms with Gasteiger partial charge in [0.25, 0.3) is 0 Å². The van der Waals surface area contributed by atoms with Gasteiger partial charge in [-0.2, -0.15) is 0 Å². The lowest BCUT2D eigenvalue weighted by molar-refractivity contribution is -0.146. The molecule has 1 N–H and O–H groups in total. The first-order chi connectivity index (χ1) is 7.74. The third-order valence-electron chi connectivity index (χ3n) is 3.29. The second-order valence-corrected chi connectivity index (χ2v) is 5.16.